The molecule has 58 valence electrons. The maximum absolute atomic E-state index is 6.07. The average molecular weight is 140 g/mol. The molecule has 0 spiro atoms. The highest BCUT2D eigenvalue weighted by Gasteiger charge is 2.49. The zero-order valence-corrected chi connectivity index (χ0v) is 6.51. The lowest BCUT2D eigenvalue weighted by Gasteiger charge is -2.32. The first kappa shape index (κ1) is 6.62. The van der Waals surface area contributed by atoms with E-state index < -0.39 is 0 Å². The Morgan fingerprint density at radius 1 is 1.40 bits per heavy atom. The molecule has 0 aromatic heterocycles. The molecule has 2 rings (SSSR count). The summed E-state index contributed by atoms with van der Waals surface area (Å²) in [5.41, 5.74) is 12.1. The zero-order valence-electron chi connectivity index (χ0n) is 6.51. The van der Waals surface area contributed by atoms with Gasteiger partial charge in [0.05, 0.1) is 0 Å². The smallest absolute Gasteiger partial charge is 0.0158 e. The van der Waals surface area contributed by atoms with Crippen LogP contribution in [0.5, 0.6) is 0 Å². The van der Waals surface area contributed by atoms with Gasteiger partial charge in [0.15, 0.2) is 0 Å². The summed E-state index contributed by atoms with van der Waals surface area (Å²) in [6.45, 7) is 2.17. The van der Waals surface area contributed by atoms with E-state index in [2.05, 4.69) is 6.92 Å². The second-order valence-corrected chi connectivity index (χ2v) is 4.30. The van der Waals surface area contributed by atoms with Crippen LogP contribution >= 0.6 is 0 Å². The van der Waals surface area contributed by atoms with Gasteiger partial charge >= 0.3 is 0 Å². The summed E-state index contributed by atoms with van der Waals surface area (Å²) in [6, 6.07) is 0.460. The first-order chi connectivity index (χ1) is 4.59. The normalized spacial score (nSPS) is 59.7. The van der Waals surface area contributed by atoms with Crippen molar-refractivity contribution < 1.29 is 0 Å². The third kappa shape index (κ3) is 0.722. The van der Waals surface area contributed by atoms with Crippen molar-refractivity contribution in [1.29, 1.82) is 0 Å². The first-order valence-corrected chi connectivity index (χ1v) is 4.14. The Kier molecular flexibility index (Phi) is 1.15. The highest BCUT2D eigenvalue weighted by Crippen LogP contribution is 2.48. The SMILES string of the molecule is CC1(N)CC2CC1CC2N. The van der Waals surface area contributed by atoms with Crippen LogP contribution in [0.25, 0.3) is 0 Å². The Hall–Kier alpha value is -0.0800. The Balaban J connectivity index is 2.16. The largest absolute Gasteiger partial charge is 0.327 e. The summed E-state index contributed by atoms with van der Waals surface area (Å²) in [5.74, 6) is 1.45. The number of hydrogen-bond acceptors (Lipinski definition) is 2. The number of nitrogens with two attached hydrogens (primary N) is 2. The highest BCUT2D eigenvalue weighted by molar-refractivity contribution is 5.06. The van der Waals surface area contributed by atoms with E-state index in [4.69, 9.17) is 11.5 Å². The van der Waals surface area contributed by atoms with Crippen molar-refractivity contribution in [2.45, 2.75) is 37.8 Å². The lowest BCUT2D eigenvalue weighted by atomic mass is 9.82. The van der Waals surface area contributed by atoms with Crippen molar-refractivity contribution in [1.82, 2.24) is 0 Å². The summed E-state index contributed by atoms with van der Waals surface area (Å²) in [7, 11) is 0. The van der Waals surface area contributed by atoms with Crippen molar-refractivity contribution in [3.8, 4) is 0 Å². The van der Waals surface area contributed by atoms with Gasteiger partial charge in [-0.3, -0.25) is 0 Å². The van der Waals surface area contributed by atoms with Gasteiger partial charge in [0, 0.05) is 11.6 Å². The predicted octanol–water partition coefficient (Wildman–Crippen LogP) is 0.461. The fraction of sp³-hybridized carbons (Fsp3) is 1.00. The van der Waals surface area contributed by atoms with Crippen molar-refractivity contribution >= 4 is 0 Å². The van der Waals surface area contributed by atoms with Crippen LogP contribution in [-0.4, -0.2) is 11.6 Å². The molecule has 2 fully saturated rings. The van der Waals surface area contributed by atoms with Crippen molar-refractivity contribution in [3.63, 3.8) is 0 Å². The molecule has 0 saturated heterocycles. The molecule has 0 radical (unpaired) electrons. The quantitative estimate of drug-likeness (QED) is 0.513. The zero-order chi connectivity index (χ0) is 7.35. The van der Waals surface area contributed by atoms with Crippen LogP contribution in [0.15, 0.2) is 0 Å². The highest BCUT2D eigenvalue weighted by atomic mass is 14.8. The molecule has 2 heteroatoms. The van der Waals surface area contributed by atoms with Crippen LogP contribution in [0.4, 0.5) is 0 Å². The van der Waals surface area contributed by atoms with Gasteiger partial charge in [-0.05, 0) is 38.0 Å². The van der Waals surface area contributed by atoms with Gasteiger partial charge in [0.25, 0.3) is 0 Å². The maximum Gasteiger partial charge on any atom is 0.0158 e. The summed E-state index contributed by atoms with van der Waals surface area (Å²) < 4.78 is 0. The molecule has 0 heterocycles. The lowest BCUT2D eigenvalue weighted by Crippen LogP contribution is -2.46. The van der Waals surface area contributed by atoms with E-state index in [0.29, 0.717) is 12.0 Å². The second-order valence-electron chi connectivity index (χ2n) is 4.30. The summed E-state index contributed by atoms with van der Waals surface area (Å²) >= 11 is 0. The molecule has 4 N–H and O–H groups in total. The summed E-state index contributed by atoms with van der Waals surface area (Å²) in [6.07, 6.45) is 3.60. The molecule has 0 aromatic rings. The first-order valence-electron chi connectivity index (χ1n) is 4.14. The molecule has 2 aliphatic rings. The fourth-order valence-corrected chi connectivity index (χ4v) is 2.66. The molecule has 0 aromatic carbocycles. The Labute approximate surface area is 62.0 Å². The van der Waals surface area contributed by atoms with Crippen molar-refractivity contribution in [3.05, 3.63) is 0 Å². The van der Waals surface area contributed by atoms with Crippen LogP contribution in [-0.2, 0) is 0 Å². The van der Waals surface area contributed by atoms with Gasteiger partial charge in [0.2, 0.25) is 0 Å². The Morgan fingerprint density at radius 3 is 2.40 bits per heavy atom. The van der Waals surface area contributed by atoms with Crippen LogP contribution in [0.1, 0.15) is 26.2 Å². The monoisotopic (exact) mass is 140 g/mol. The topological polar surface area (TPSA) is 52.0 Å². The number of rotatable bonds is 0. The molecule has 2 nitrogen and oxygen atoms in total. The minimum Gasteiger partial charge on any atom is -0.327 e. The number of hydrogen-bond donors (Lipinski definition) is 2. The molecule has 2 bridgehead atoms. The molecule has 2 saturated carbocycles. The number of fused-ring (bicyclic) bond motifs is 2. The minimum absolute atomic E-state index is 0.112. The van der Waals surface area contributed by atoms with Crippen molar-refractivity contribution in [2.75, 3.05) is 0 Å². The fourth-order valence-electron chi connectivity index (χ4n) is 2.66. The van der Waals surface area contributed by atoms with Crippen LogP contribution in [0, 0.1) is 11.8 Å². The molecule has 2 aliphatic carbocycles. The van der Waals surface area contributed by atoms with Crippen LogP contribution < -0.4 is 11.5 Å². The second kappa shape index (κ2) is 1.74. The van der Waals surface area contributed by atoms with E-state index in [0.717, 1.165) is 18.8 Å². The van der Waals surface area contributed by atoms with E-state index in [1.54, 1.807) is 0 Å². The van der Waals surface area contributed by atoms with E-state index in [-0.39, 0.29) is 5.54 Å². The molecule has 4 unspecified atom stereocenters. The van der Waals surface area contributed by atoms with Crippen LogP contribution in [0.3, 0.4) is 0 Å². The molecule has 10 heavy (non-hydrogen) atoms. The van der Waals surface area contributed by atoms with E-state index >= 15 is 0 Å². The van der Waals surface area contributed by atoms with Gasteiger partial charge in [0.1, 0.15) is 0 Å². The van der Waals surface area contributed by atoms with Gasteiger partial charge in [-0.1, -0.05) is 0 Å². The Bertz CT molecular complexity index is 151. The minimum atomic E-state index is 0.112. The van der Waals surface area contributed by atoms with Gasteiger partial charge in [-0.2, -0.15) is 0 Å². The van der Waals surface area contributed by atoms with Gasteiger partial charge in [-0.15, -0.1) is 0 Å². The summed E-state index contributed by atoms with van der Waals surface area (Å²) in [5, 5.41) is 0. The standard InChI is InChI=1S/C8H16N2/c1-8(10)4-5-2-6(8)3-7(5)9/h5-7H,2-4,9-10H2,1H3. The third-order valence-corrected chi connectivity index (χ3v) is 3.38. The molecular weight excluding hydrogens is 124 g/mol. The molecule has 0 aliphatic heterocycles. The average Bonchev–Trinajstić information content (AvgIpc) is 2.21. The maximum atomic E-state index is 6.07. The molecular formula is C8H16N2. The molecule has 0 amide bonds. The van der Waals surface area contributed by atoms with Crippen LogP contribution in [0.2, 0.25) is 0 Å². The predicted molar refractivity (Wildman–Crippen MR) is 41.4 cm³/mol. The third-order valence-electron chi connectivity index (χ3n) is 3.38. The molecule has 4 atom stereocenters. The van der Waals surface area contributed by atoms with E-state index in [1.165, 1.54) is 6.42 Å². The van der Waals surface area contributed by atoms with Gasteiger partial charge in [-0.25, -0.2) is 0 Å². The lowest BCUT2D eigenvalue weighted by molar-refractivity contribution is 0.275. The van der Waals surface area contributed by atoms with E-state index in [9.17, 15) is 0 Å². The summed E-state index contributed by atoms with van der Waals surface area (Å²) in [4.78, 5) is 0. The van der Waals surface area contributed by atoms with Crippen molar-refractivity contribution in [2.24, 2.45) is 23.3 Å². The van der Waals surface area contributed by atoms with E-state index in [1.807, 2.05) is 0 Å². The van der Waals surface area contributed by atoms with Gasteiger partial charge < -0.3 is 11.5 Å². The Morgan fingerprint density at radius 2 is 2.10 bits per heavy atom.